The Labute approximate surface area is 115 Å². The molecule has 0 radical (unpaired) electrons. The summed E-state index contributed by atoms with van der Waals surface area (Å²) < 4.78 is 9.46. The Kier molecular flexibility index (Phi) is 6.00. The molecule has 0 aliphatic rings. The summed E-state index contributed by atoms with van der Waals surface area (Å²) in [6.45, 7) is -0.512. The Morgan fingerprint density at radius 1 is 1.40 bits per heavy atom. The first-order chi connectivity index (χ1) is 9.56. The second kappa shape index (κ2) is 7.76. The number of aliphatic hydroxyl groups is 1. The topological polar surface area (TPSA) is 109 Å². The monoisotopic (exact) mass is 278 g/mol. The molecule has 7 heteroatoms. The van der Waals surface area contributed by atoms with Gasteiger partial charge >= 0.3 is 5.97 Å². The van der Waals surface area contributed by atoms with Crippen molar-refractivity contribution in [3.8, 4) is 11.8 Å². The van der Waals surface area contributed by atoms with Crippen LogP contribution in [0.5, 0.6) is 5.75 Å². The summed E-state index contributed by atoms with van der Waals surface area (Å²) in [7, 11) is 1.14. The zero-order valence-corrected chi connectivity index (χ0v) is 10.8. The van der Waals surface area contributed by atoms with Gasteiger partial charge in [0.1, 0.15) is 5.75 Å². The Hall–Kier alpha value is -2.59. The van der Waals surface area contributed by atoms with Crippen molar-refractivity contribution in [3.05, 3.63) is 29.8 Å². The number of benzene rings is 1. The highest BCUT2D eigenvalue weighted by Crippen LogP contribution is 2.11. The van der Waals surface area contributed by atoms with Crippen molar-refractivity contribution in [2.75, 3.05) is 20.3 Å². The Morgan fingerprint density at radius 2 is 2.05 bits per heavy atom. The van der Waals surface area contributed by atoms with Crippen LogP contribution in [0.25, 0.3) is 0 Å². The third-order valence-electron chi connectivity index (χ3n) is 2.32. The average molecular weight is 278 g/mol. The van der Waals surface area contributed by atoms with Crippen molar-refractivity contribution >= 4 is 11.9 Å². The maximum atomic E-state index is 11.4. The number of nitrogens with one attached hydrogen (secondary N) is 1. The molecule has 0 aromatic heterocycles. The number of carbonyl (C=O) groups excluding carboxylic acids is 2. The van der Waals surface area contributed by atoms with Crippen molar-refractivity contribution < 1.29 is 24.2 Å². The highest BCUT2D eigenvalue weighted by molar-refractivity contribution is 5.79. The van der Waals surface area contributed by atoms with E-state index >= 15 is 0 Å². The van der Waals surface area contributed by atoms with E-state index in [1.807, 2.05) is 6.07 Å². The van der Waals surface area contributed by atoms with Crippen molar-refractivity contribution in [3.63, 3.8) is 0 Å². The Balaban J connectivity index is 2.32. The summed E-state index contributed by atoms with van der Waals surface area (Å²) in [5.41, 5.74) is 0.489. The lowest BCUT2D eigenvalue weighted by molar-refractivity contribution is -0.150. The number of hydrogen-bond donors (Lipinski definition) is 2. The third-order valence-corrected chi connectivity index (χ3v) is 2.32. The lowest BCUT2D eigenvalue weighted by atomic mass is 10.2. The first-order valence-corrected chi connectivity index (χ1v) is 5.72. The Bertz CT molecular complexity index is 506. The molecule has 2 N–H and O–H groups in total. The first-order valence-electron chi connectivity index (χ1n) is 5.72. The molecule has 7 nitrogen and oxygen atoms in total. The van der Waals surface area contributed by atoms with Gasteiger partial charge < -0.3 is 19.9 Å². The number of rotatable bonds is 6. The zero-order valence-electron chi connectivity index (χ0n) is 10.8. The number of amides is 1. The molecule has 1 amide bonds. The number of carbonyl (C=O) groups is 2. The van der Waals surface area contributed by atoms with Gasteiger partial charge in [0.05, 0.1) is 25.3 Å². The number of nitrogens with zero attached hydrogens (tertiary/aromatic N) is 1. The molecule has 1 aromatic carbocycles. The van der Waals surface area contributed by atoms with Crippen LogP contribution in [0.3, 0.4) is 0 Å². The number of esters is 1. The zero-order chi connectivity index (χ0) is 15.0. The molecule has 0 aliphatic heterocycles. The minimum Gasteiger partial charge on any atom is -0.484 e. The SMILES string of the molecule is COC(=O)C(O)CNC(=O)COc1ccc(C#N)cc1. The quantitative estimate of drug-likeness (QED) is 0.684. The van der Waals surface area contributed by atoms with Gasteiger partial charge in [0.25, 0.3) is 5.91 Å². The predicted octanol–water partition coefficient (Wildman–Crippen LogP) is -0.413. The molecule has 0 fully saturated rings. The lowest BCUT2D eigenvalue weighted by Crippen LogP contribution is -2.39. The Morgan fingerprint density at radius 3 is 2.60 bits per heavy atom. The van der Waals surface area contributed by atoms with E-state index in [0.717, 1.165) is 7.11 Å². The third kappa shape index (κ3) is 4.96. The minimum absolute atomic E-state index is 0.248. The lowest BCUT2D eigenvalue weighted by Gasteiger charge is -2.10. The number of methoxy groups -OCH3 is 1. The van der Waals surface area contributed by atoms with Crippen molar-refractivity contribution in [2.24, 2.45) is 0 Å². The van der Waals surface area contributed by atoms with Crippen molar-refractivity contribution in [2.45, 2.75) is 6.10 Å². The van der Waals surface area contributed by atoms with E-state index < -0.39 is 18.0 Å². The molecule has 0 saturated carbocycles. The van der Waals surface area contributed by atoms with Crippen LogP contribution in [0.15, 0.2) is 24.3 Å². The van der Waals surface area contributed by atoms with Crippen LogP contribution in [0.1, 0.15) is 5.56 Å². The van der Waals surface area contributed by atoms with Crippen LogP contribution in [0.2, 0.25) is 0 Å². The number of aliphatic hydroxyl groups excluding tert-OH is 1. The van der Waals surface area contributed by atoms with Crippen molar-refractivity contribution in [1.29, 1.82) is 5.26 Å². The predicted molar refractivity (Wildman–Crippen MR) is 67.7 cm³/mol. The van der Waals surface area contributed by atoms with Crippen LogP contribution in [-0.4, -0.2) is 43.3 Å². The normalized spacial score (nSPS) is 11.1. The van der Waals surface area contributed by atoms with Crippen LogP contribution in [-0.2, 0) is 14.3 Å². The van der Waals surface area contributed by atoms with Gasteiger partial charge in [0, 0.05) is 0 Å². The van der Waals surface area contributed by atoms with Gasteiger partial charge in [0.15, 0.2) is 12.7 Å². The summed E-state index contributed by atoms with van der Waals surface area (Å²) >= 11 is 0. The number of hydrogen-bond acceptors (Lipinski definition) is 6. The molecular weight excluding hydrogens is 264 g/mol. The molecular formula is C13H14N2O5. The molecule has 0 bridgehead atoms. The van der Waals surface area contributed by atoms with E-state index in [2.05, 4.69) is 10.1 Å². The average Bonchev–Trinajstić information content (AvgIpc) is 2.50. The van der Waals surface area contributed by atoms with Crippen LogP contribution in [0, 0.1) is 11.3 Å². The maximum absolute atomic E-state index is 11.4. The van der Waals surface area contributed by atoms with E-state index in [1.54, 1.807) is 24.3 Å². The van der Waals surface area contributed by atoms with Gasteiger partial charge in [-0.05, 0) is 24.3 Å². The van der Waals surface area contributed by atoms with Gasteiger partial charge in [-0.25, -0.2) is 4.79 Å². The molecule has 1 unspecified atom stereocenters. The van der Waals surface area contributed by atoms with Crippen LogP contribution in [0.4, 0.5) is 0 Å². The molecule has 106 valence electrons. The highest BCUT2D eigenvalue weighted by atomic mass is 16.5. The van der Waals surface area contributed by atoms with E-state index in [-0.39, 0.29) is 13.2 Å². The largest absolute Gasteiger partial charge is 0.484 e. The molecule has 0 spiro atoms. The van der Waals surface area contributed by atoms with Gasteiger partial charge in [-0.2, -0.15) is 5.26 Å². The molecule has 0 heterocycles. The van der Waals surface area contributed by atoms with E-state index in [9.17, 15) is 14.7 Å². The molecule has 0 saturated heterocycles. The summed E-state index contributed by atoms with van der Waals surface area (Å²) in [6, 6.07) is 8.22. The van der Waals surface area contributed by atoms with Gasteiger partial charge in [0.2, 0.25) is 0 Å². The highest BCUT2D eigenvalue weighted by Gasteiger charge is 2.16. The molecule has 20 heavy (non-hydrogen) atoms. The van der Waals surface area contributed by atoms with Gasteiger partial charge in [-0.1, -0.05) is 0 Å². The minimum atomic E-state index is -1.40. The van der Waals surface area contributed by atoms with Crippen molar-refractivity contribution in [1.82, 2.24) is 5.32 Å². The van der Waals surface area contributed by atoms with Crippen LogP contribution >= 0.6 is 0 Å². The first kappa shape index (κ1) is 15.5. The maximum Gasteiger partial charge on any atom is 0.336 e. The summed E-state index contributed by atoms with van der Waals surface area (Å²) in [5, 5.41) is 20.2. The number of nitriles is 1. The second-order valence-corrected chi connectivity index (χ2v) is 3.77. The van der Waals surface area contributed by atoms with E-state index in [0.29, 0.717) is 11.3 Å². The number of ether oxygens (including phenoxy) is 2. The summed E-state index contributed by atoms with van der Waals surface area (Å²) in [5.74, 6) is -0.872. The van der Waals surface area contributed by atoms with Gasteiger partial charge in [-0.15, -0.1) is 0 Å². The van der Waals surface area contributed by atoms with Gasteiger partial charge in [-0.3, -0.25) is 4.79 Å². The standard InChI is InChI=1S/C13H14N2O5/c1-19-13(18)11(16)7-15-12(17)8-20-10-4-2-9(6-14)3-5-10/h2-5,11,16H,7-8H2,1H3,(H,15,17). The second-order valence-electron chi connectivity index (χ2n) is 3.77. The molecule has 1 atom stereocenters. The fourth-order valence-corrected chi connectivity index (χ4v) is 1.26. The fourth-order valence-electron chi connectivity index (χ4n) is 1.26. The molecule has 1 rings (SSSR count). The molecule has 1 aromatic rings. The summed E-state index contributed by atoms with van der Waals surface area (Å²) in [4.78, 5) is 22.3. The van der Waals surface area contributed by atoms with E-state index in [4.69, 9.17) is 10.00 Å². The van der Waals surface area contributed by atoms with Crippen LogP contribution < -0.4 is 10.1 Å². The van der Waals surface area contributed by atoms with E-state index in [1.165, 1.54) is 0 Å². The fraction of sp³-hybridized carbons (Fsp3) is 0.308. The summed E-state index contributed by atoms with van der Waals surface area (Å²) in [6.07, 6.45) is -1.40. The smallest absolute Gasteiger partial charge is 0.336 e. The molecule has 0 aliphatic carbocycles.